The Balaban J connectivity index is 0.00000200. The summed E-state index contributed by atoms with van der Waals surface area (Å²) >= 11 is 0. The molecule has 0 aromatic heterocycles. The van der Waals surface area contributed by atoms with Crippen LogP contribution >= 0.6 is 0 Å². The molecule has 0 atom stereocenters. The standard InChI is InChI=1S/C15H14O4.Al/c1-11-7-8-12(10-15(16)19-17)9-14(11)18-13-5-3-2-4-6-13;/h2-9,17H,10H2,1H3;. The second kappa shape index (κ2) is 7.71. The molecule has 2 aromatic carbocycles. The van der Waals surface area contributed by atoms with Crippen molar-refractivity contribution in [1.82, 2.24) is 0 Å². The lowest BCUT2D eigenvalue weighted by Gasteiger charge is -2.10. The Kier molecular flexibility index (Phi) is 6.27. The first-order valence-corrected chi connectivity index (χ1v) is 5.85. The predicted molar refractivity (Wildman–Crippen MR) is 75.9 cm³/mol. The highest BCUT2D eigenvalue weighted by molar-refractivity contribution is 5.75. The van der Waals surface area contributed by atoms with Gasteiger partial charge in [0.05, 0.1) is 6.42 Å². The first-order chi connectivity index (χ1) is 9.19. The van der Waals surface area contributed by atoms with Crippen molar-refractivity contribution in [2.24, 2.45) is 0 Å². The summed E-state index contributed by atoms with van der Waals surface area (Å²) in [6, 6.07) is 14.8. The zero-order valence-corrected chi connectivity index (χ0v) is 12.2. The second-order valence-corrected chi connectivity index (χ2v) is 4.16. The molecule has 101 valence electrons. The third kappa shape index (κ3) is 4.39. The van der Waals surface area contributed by atoms with E-state index in [-0.39, 0.29) is 23.8 Å². The molecule has 0 amide bonds. The molecule has 0 unspecified atom stereocenters. The van der Waals surface area contributed by atoms with Gasteiger partial charge in [-0.25, -0.2) is 4.79 Å². The molecular formula is C15H14AlO4. The highest BCUT2D eigenvalue weighted by Gasteiger charge is 2.08. The summed E-state index contributed by atoms with van der Waals surface area (Å²) in [6.07, 6.45) is 0.00191. The van der Waals surface area contributed by atoms with Crippen molar-refractivity contribution in [1.29, 1.82) is 0 Å². The van der Waals surface area contributed by atoms with Crippen LogP contribution in [0.5, 0.6) is 11.5 Å². The molecule has 0 aliphatic heterocycles. The van der Waals surface area contributed by atoms with Crippen LogP contribution in [0.4, 0.5) is 0 Å². The van der Waals surface area contributed by atoms with Crippen LogP contribution in [0, 0.1) is 6.92 Å². The van der Waals surface area contributed by atoms with Gasteiger partial charge in [-0.05, 0) is 36.2 Å². The Hall–Kier alpha value is -1.80. The van der Waals surface area contributed by atoms with Crippen molar-refractivity contribution in [3.63, 3.8) is 0 Å². The minimum atomic E-state index is -0.700. The molecule has 0 aliphatic carbocycles. The Labute approximate surface area is 128 Å². The number of carbonyl (C=O) groups excluding carboxylic acids is 1. The maximum Gasteiger partial charge on any atom is 0.346 e. The summed E-state index contributed by atoms with van der Waals surface area (Å²) in [5.41, 5.74) is 1.68. The number of hydrogen-bond acceptors (Lipinski definition) is 4. The van der Waals surface area contributed by atoms with Gasteiger partial charge in [-0.15, -0.1) is 0 Å². The Morgan fingerprint density at radius 2 is 1.85 bits per heavy atom. The molecule has 2 aromatic rings. The first-order valence-electron chi connectivity index (χ1n) is 5.85. The quantitative estimate of drug-likeness (QED) is 0.533. The molecule has 2 rings (SSSR count). The van der Waals surface area contributed by atoms with Crippen molar-refractivity contribution < 1.29 is 19.7 Å². The summed E-state index contributed by atoms with van der Waals surface area (Å²) in [5.74, 6) is 0.705. The number of benzene rings is 2. The van der Waals surface area contributed by atoms with Crippen LogP contribution in [0.1, 0.15) is 11.1 Å². The van der Waals surface area contributed by atoms with Gasteiger partial charge in [0.2, 0.25) is 0 Å². The highest BCUT2D eigenvalue weighted by atomic mass is 27.0. The van der Waals surface area contributed by atoms with E-state index in [1.54, 1.807) is 12.1 Å². The predicted octanol–water partition coefficient (Wildman–Crippen LogP) is 2.97. The number of ether oxygens (including phenoxy) is 1. The van der Waals surface area contributed by atoms with E-state index in [1.165, 1.54) is 0 Å². The normalized spacial score (nSPS) is 9.50. The first kappa shape index (κ1) is 16.3. The van der Waals surface area contributed by atoms with Crippen LogP contribution in [0.2, 0.25) is 0 Å². The van der Waals surface area contributed by atoms with Crippen LogP contribution in [0.25, 0.3) is 0 Å². The maximum atomic E-state index is 11.0. The van der Waals surface area contributed by atoms with E-state index in [1.807, 2.05) is 43.3 Å². The second-order valence-electron chi connectivity index (χ2n) is 4.16. The topological polar surface area (TPSA) is 55.8 Å². The molecule has 0 heterocycles. The van der Waals surface area contributed by atoms with E-state index >= 15 is 0 Å². The van der Waals surface area contributed by atoms with Gasteiger partial charge in [0.15, 0.2) is 0 Å². The number of hydrogen-bond donors (Lipinski definition) is 1. The van der Waals surface area contributed by atoms with E-state index < -0.39 is 5.97 Å². The average Bonchev–Trinajstić information content (AvgIpc) is 2.43. The molecule has 4 nitrogen and oxygen atoms in total. The van der Waals surface area contributed by atoms with Gasteiger partial charge in [0.25, 0.3) is 0 Å². The van der Waals surface area contributed by atoms with Crippen LogP contribution in [0.3, 0.4) is 0 Å². The van der Waals surface area contributed by atoms with Crippen molar-refractivity contribution in [2.75, 3.05) is 0 Å². The van der Waals surface area contributed by atoms with Crippen molar-refractivity contribution >= 4 is 23.3 Å². The molecule has 1 N–H and O–H groups in total. The van der Waals surface area contributed by atoms with E-state index in [0.717, 1.165) is 16.9 Å². The van der Waals surface area contributed by atoms with E-state index in [4.69, 9.17) is 9.99 Å². The molecule has 0 bridgehead atoms. The monoisotopic (exact) mass is 285 g/mol. The molecule has 0 saturated carbocycles. The van der Waals surface area contributed by atoms with Crippen LogP contribution in [-0.4, -0.2) is 28.6 Å². The minimum Gasteiger partial charge on any atom is -0.457 e. The molecular weight excluding hydrogens is 271 g/mol. The van der Waals surface area contributed by atoms with Crippen LogP contribution in [0.15, 0.2) is 48.5 Å². The number of rotatable bonds is 4. The third-order valence-corrected chi connectivity index (χ3v) is 2.67. The number of aryl methyl sites for hydroxylation is 1. The third-order valence-electron chi connectivity index (χ3n) is 2.67. The van der Waals surface area contributed by atoms with Gasteiger partial charge in [0, 0.05) is 17.4 Å². The summed E-state index contributed by atoms with van der Waals surface area (Å²) in [7, 11) is 0. The summed E-state index contributed by atoms with van der Waals surface area (Å²) in [5, 5.41) is 8.27. The number of para-hydroxylation sites is 1. The van der Waals surface area contributed by atoms with E-state index in [0.29, 0.717) is 5.75 Å². The van der Waals surface area contributed by atoms with Crippen molar-refractivity contribution in [2.45, 2.75) is 13.3 Å². The van der Waals surface area contributed by atoms with Gasteiger partial charge in [-0.3, -0.25) is 0 Å². The summed E-state index contributed by atoms with van der Waals surface area (Å²) in [6.45, 7) is 1.92. The largest absolute Gasteiger partial charge is 0.457 e. The van der Waals surface area contributed by atoms with Crippen molar-refractivity contribution in [3.8, 4) is 11.5 Å². The fourth-order valence-corrected chi connectivity index (χ4v) is 1.68. The zero-order chi connectivity index (χ0) is 13.7. The molecule has 0 saturated heterocycles. The van der Waals surface area contributed by atoms with Crippen LogP contribution in [-0.2, 0) is 16.1 Å². The minimum absolute atomic E-state index is 0. The zero-order valence-electron chi connectivity index (χ0n) is 11.1. The fraction of sp³-hybridized carbons (Fsp3) is 0.133. The fourth-order valence-electron chi connectivity index (χ4n) is 1.68. The van der Waals surface area contributed by atoms with Crippen molar-refractivity contribution in [3.05, 3.63) is 59.7 Å². The molecule has 0 fully saturated rings. The molecule has 5 heteroatoms. The molecule has 20 heavy (non-hydrogen) atoms. The summed E-state index contributed by atoms with van der Waals surface area (Å²) < 4.78 is 5.75. The SMILES string of the molecule is Cc1ccc(CC(=O)OO)cc1Oc1ccccc1.[Al]. The van der Waals surface area contributed by atoms with Crippen LogP contribution < -0.4 is 4.74 Å². The molecule has 3 radical (unpaired) electrons. The smallest absolute Gasteiger partial charge is 0.346 e. The molecule has 0 aliphatic rings. The Morgan fingerprint density at radius 1 is 1.15 bits per heavy atom. The van der Waals surface area contributed by atoms with Gasteiger partial charge in [-0.2, -0.15) is 5.26 Å². The highest BCUT2D eigenvalue weighted by Crippen LogP contribution is 2.26. The molecule has 0 spiro atoms. The van der Waals surface area contributed by atoms with Gasteiger partial charge in [0.1, 0.15) is 11.5 Å². The maximum absolute atomic E-state index is 11.0. The summed E-state index contributed by atoms with van der Waals surface area (Å²) in [4.78, 5) is 14.7. The Morgan fingerprint density at radius 3 is 2.50 bits per heavy atom. The lowest BCUT2D eigenvalue weighted by molar-refractivity contribution is -0.233. The lowest BCUT2D eigenvalue weighted by atomic mass is 10.1. The van der Waals surface area contributed by atoms with Gasteiger partial charge in [-0.1, -0.05) is 30.3 Å². The van der Waals surface area contributed by atoms with E-state index in [2.05, 4.69) is 4.89 Å². The lowest BCUT2D eigenvalue weighted by Crippen LogP contribution is -2.05. The number of carbonyl (C=O) groups is 1. The average molecular weight is 285 g/mol. The van der Waals surface area contributed by atoms with Gasteiger partial charge < -0.3 is 9.62 Å². The van der Waals surface area contributed by atoms with E-state index in [9.17, 15) is 4.79 Å². The Bertz CT molecular complexity index is 569. The van der Waals surface area contributed by atoms with Gasteiger partial charge >= 0.3 is 5.97 Å².